The zero-order valence-corrected chi connectivity index (χ0v) is 18.2. The molecule has 1 aliphatic heterocycles. The van der Waals surface area contributed by atoms with Gasteiger partial charge in [-0.1, -0.05) is 29.3 Å². The molecule has 0 spiro atoms. The van der Waals surface area contributed by atoms with Crippen molar-refractivity contribution in [3.8, 4) is 21.7 Å². The van der Waals surface area contributed by atoms with Crippen molar-refractivity contribution in [3.05, 3.63) is 68.9 Å². The van der Waals surface area contributed by atoms with E-state index in [1.54, 1.807) is 18.3 Å². The Labute approximate surface area is 182 Å². The molecule has 0 bridgehead atoms. The number of halogens is 3. The zero-order chi connectivity index (χ0) is 20.7. The van der Waals surface area contributed by atoms with Crippen molar-refractivity contribution in [2.45, 2.75) is 25.5 Å². The van der Waals surface area contributed by atoms with Crippen LogP contribution in [0.3, 0.4) is 0 Å². The quantitative estimate of drug-likeness (QED) is 0.474. The summed E-state index contributed by atoms with van der Waals surface area (Å²) in [6.07, 6.45) is 5.33. The third-order valence-electron chi connectivity index (χ3n) is 5.01. The normalized spacial score (nSPS) is 17.4. The smallest absolute Gasteiger partial charge is 0.132 e. The molecule has 2 unspecified atom stereocenters. The summed E-state index contributed by atoms with van der Waals surface area (Å²) in [6, 6.07) is 8.48. The number of thiophene rings is 1. The monoisotopic (exact) mass is 448 g/mol. The van der Waals surface area contributed by atoms with Gasteiger partial charge in [-0.2, -0.15) is 0 Å². The van der Waals surface area contributed by atoms with Crippen LogP contribution in [-0.2, 0) is 7.05 Å². The van der Waals surface area contributed by atoms with Gasteiger partial charge in [-0.3, -0.25) is 4.99 Å². The van der Waals surface area contributed by atoms with Crippen LogP contribution in [0.25, 0.3) is 21.7 Å². The summed E-state index contributed by atoms with van der Waals surface area (Å²) in [5.74, 6) is -0.438. The number of nitrogens with zero attached hydrogens (tertiary/aromatic N) is 2. The van der Waals surface area contributed by atoms with Crippen molar-refractivity contribution >= 4 is 40.8 Å². The van der Waals surface area contributed by atoms with Crippen LogP contribution in [0.15, 0.2) is 53.2 Å². The molecule has 0 aliphatic carbocycles. The van der Waals surface area contributed by atoms with E-state index in [-0.39, 0.29) is 6.04 Å². The lowest BCUT2D eigenvalue weighted by atomic mass is 9.92. The second-order valence-corrected chi connectivity index (χ2v) is 9.26. The summed E-state index contributed by atoms with van der Waals surface area (Å²) in [5, 5.41) is 11.7. The molecule has 150 valence electrons. The van der Waals surface area contributed by atoms with E-state index in [1.165, 1.54) is 17.4 Å². The lowest BCUT2D eigenvalue weighted by Crippen LogP contribution is -2.11. The summed E-state index contributed by atoms with van der Waals surface area (Å²) in [6.45, 7) is 2.02. The SMILES string of the molecule is CC1CC=C(C(O)c2c(-c3ccc(Cl)cc3F)cn(C)c2-c2ccc(Cl)s2)C=N1. The Balaban J connectivity index is 1.93. The highest BCUT2D eigenvalue weighted by Crippen LogP contribution is 2.44. The van der Waals surface area contributed by atoms with Crippen LogP contribution in [0, 0.1) is 5.82 Å². The van der Waals surface area contributed by atoms with Crippen LogP contribution in [0.1, 0.15) is 25.0 Å². The van der Waals surface area contributed by atoms with Gasteiger partial charge in [0.1, 0.15) is 11.9 Å². The Morgan fingerprint density at radius 1 is 1.24 bits per heavy atom. The molecule has 3 aromatic rings. The van der Waals surface area contributed by atoms with E-state index in [2.05, 4.69) is 4.99 Å². The van der Waals surface area contributed by atoms with Crippen molar-refractivity contribution in [2.75, 3.05) is 0 Å². The highest BCUT2D eigenvalue weighted by atomic mass is 35.5. The van der Waals surface area contributed by atoms with Crippen LogP contribution in [0.5, 0.6) is 0 Å². The van der Waals surface area contributed by atoms with Crippen molar-refractivity contribution < 1.29 is 9.50 Å². The first kappa shape index (κ1) is 20.4. The number of rotatable bonds is 4. The molecule has 1 aliphatic rings. The van der Waals surface area contributed by atoms with Crippen LogP contribution in [-0.4, -0.2) is 21.9 Å². The Hall–Kier alpha value is -1.92. The topological polar surface area (TPSA) is 37.5 Å². The predicted molar refractivity (Wildman–Crippen MR) is 120 cm³/mol. The van der Waals surface area contributed by atoms with Gasteiger partial charge in [-0.15, -0.1) is 11.3 Å². The van der Waals surface area contributed by atoms with Crippen LogP contribution in [0.2, 0.25) is 9.36 Å². The molecule has 1 aromatic carbocycles. The largest absolute Gasteiger partial charge is 0.384 e. The zero-order valence-electron chi connectivity index (χ0n) is 15.9. The summed E-state index contributed by atoms with van der Waals surface area (Å²) < 4.78 is 17.3. The van der Waals surface area contributed by atoms with Gasteiger partial charge in [0, 0.05) is 41.2 Å². The van der Waals surface area contributed by atoms with E-state index >= 15 is 0 Å². The fourth-order valence-electron chi connectivity index (χ4n) is 3.58. The molecule has 0 saturated carbocycles. The molecule has 1 N–H and O–H groups in total. The van der Waals surface area contributed by atoms with Gasteiger partial charge in [-0.25, -0.2) is 4.39 Å². The molecule has 29 heavy (non-hydrogen) atoms. The molecule has 4 rings (SSSR count). The van der Waals surface area contributed by atoms with E-state index < -0.39 is 11.9 Å². The maximum absolute atomic E-state index is 14.8. The van der Waals surface area contributed by atoms with Gasteiger partial charge in [0.05, 0.1) is 20.9 Å². The number of aliphatic hydroxyl groups is 1. The van der Waals surface area contributed by atoms with Crippen LogP contribution < -0.4 is 0 Å². The molecule has 0 saturated heterocycles. The van der Waals surface area contributed by atoms with E-state index in [0.717, 1.165) is 17.0 Å². The molecule has 0 fully saturated rings. The summed E-state index contributed by atoms with van der Waals surface area (Å²) >= 11 is 13.5. The number of dihydropyridines is 1. The Morgan fingerprint density at radius 3 is 2.66 bits per heavy atom. The van der Waals surface area contributed by atoms with Crippen LogP contribution in [0.4, 0.5) is 4.39 Å². The van der Waals surface area contributed by atoms with Crippen molar-refractivity contribution in [2.24, 2.45) is 12.0 Å². The van der Waals surface area contributed by atoms with Crippen molar-refractivity contribution in [3.63, 3.8) is 0 Å². The van der Waals surface area contributed by atoms with E-state index in [4.69, 9.17) is 23.2 Å². The van der Waals surface area contributed by atoms with Crippen LogP contribution >= 0.6 is 34.5 Å². The minimum absolute atomic E-state index is 0.186. The molecule has 0 radical (unpaired) electrons. The van der Waals surface area contributed by atoms with Crippen molar-refractivity contribution in [1.29, 1.82) is 0 Å². The van der Waals surface area contributed by atoms with Crippen molar-refractivity contribution in [1.82, 2.24) is 4.57 Å². The maximum atomic E-state index is 14.8. The second-order valence-electron chi connectivity index (χ2n) is 7.11. The minimum atomic E-state index is -0.951. The molecule has 7 heteroatoms. The molecule has 0 amide bonds. The number of aliphatic hydroxyl groups excluding tert-OH is 1. The molecule has 3 heterocycles. The summed E-state index contributed by atoms with van der Waals surface area (Å²) in [7, 11) is 1.88. The fourth-order valence-corrected chi connectivity index (χ4v) is 4.88. The number of aliphatic imine (C=N–C) groups is 1. The number of aromatic nitrogens is 1. The third kappa shape index (κ3) is 3.92. The minimum Gasteiger partial charge on any atom is -0.384 e. The number of hydrogen-bond donors (Lipinski definition) is 1. The van der Waals surface area contributed by atoms with E-state index in [1.807, 2.05) is 42.9 Å². The predicted octanol–water partition coefficient (Wildman–Crippen LogP) is 6.69. The third-order valence-corrected chi connectivity index (χ3v) is 6.48. The van der Waals surface area contributed by atoms with E-state index in [9.17, 15) is 9.50 Å². The fraction of sp³-hybridized carbons (Fsp3) is 0.227. The Morgan fingerprint density at radius 2 is 2.03 bits per heavy atom. The standard InChI is InChI=1S/C22H19Cl2FN2OS/c1-12-3-4-13(10-26-12)22(28)20-16(15-6-5-14(23)9-17(15)25)11-27(2)21(20)18-7-8-19(24)29-18/h4-12,22,28H,3H2,1-2H3. The summed E-state index contributed by atoms with van der Waals surface area (Å²) in [4.78, 5) is 5.33. The van der Waals surface area contributed by atoms with Gasteiger partial charge in [0.15, 0.2) is 0 Å². The van der Waals surface area contributed by atoms with Gasteiger partial charge in [-0.05, 0) is 49.2 Å². The van der Waals surface area contributed by atoms with Gasteiger partial charge >= 0.3 is 0 Å². The van der Waals surface area contributed by atoms with Gasteiger partial charge in [0.2, 0.25) is 0 Å². The molecule has 3 nitrogen and oxygen atoms in total. The average Bonchev–Trinajstić information content (AvgIpc) is 3.24. The number of aryl methyl sites for hydroxylation is 1. The second kappa shape index (κ2) is 8.07. The lowest BCUT2D eigenvalue weighted by molar-refractivity contribution is 0.223. The molecular formula is C22H19Cl2FN2OS. The summed E-state index contributed by atoms with van der Waals surface area (Å²) in [5.41, 5.74) is 3.12. The number of benzene rings is 1. The van der Waals surface area contributed by atoms with Gasteiger partial charge in [0.25, 0.3) is 0 Å². The average molecular weight is 449 g/mol. The first-order chi connectivity index (χ1) is 13.8. The van der Waals surface area contributed by atoms with E-state index in [0.29, 0.717) is 31.6 Å². The lowest BCUT2D eigenvalue weighted by Gasteiger charge is -2.19. The molecule has 2 atom stereocenters. The highest BCUT2D eigenvalue weighted by molar-refractivity contribution is 7.19. The Bertz CT molecular complexity index is 1130. The molecule has 2 aromatic heterocycles. The molecular weight excluding hydrogens is 430 g/mol. The first-order valence-electron chi connectivity index (χ1n) is 9.16. The Kier molecular flexibility index (Phi) is 5.67. The first-order valence-corrected chi connectivity index (χ1v) is 10.7. The van der Waals surface area contributed by atoms with Gasteiger partial charge < -0.3 is 9.67 Å². The highest BCUT2D eigenvalue weighted by Gasteiger charge is 2.28. The number of hydrogen-bond acceptors (Lipinski definition) is 3. The maximum Gasteiger partial charge on any atom is 0.132 e.